The predicted octanol–water partition coefficient (Wildman–Crippen LogP) is 2.50. The number of para-hydroxylation sites is 1. The van der Waals surface area contributed by atoms with Gasteiger partial charge in [-0.1, -0.05) is 12.1 Å². The Balaban J connectivity index is 1.94. The van der Waals surface area contributed by atoms with E-state index in [0.29, 0.717) is 10.6 Å². The van der Waals surface area contributed by atoms with Crippen LogP contribution in [0.5, 0.6) is 11.5 Å². The molecule has 0 unspecified atom stereocenters. The third kappa shape index (κ3) is 2.91. The van der Waals surface area contributed by atoms with Gasteiger partial charge in [0.2, 0.25) is 0 Å². The maximum absolute atomic E-state index is 13.0. The Kier molecular flexibility index (Phi) is 3.90. The van der Waals surface area contributed by atoms with E-state index in [1.54, 1.807) is 0 Å². The van der Waals surface area contributed by atoms with Crippen molar-refractivity contribution in [1.29, 1.82) is 0 Å². The lowest BCUT2D eigenvalue weighted by Crippen LogP contribution is -2.47. The van der Waals surface area contributed by atoms with Crippen molar-refractivity contribution < 1.29 is 27.9 Å². The van der Waals surface area contributed by atoms with Crippen molar-refractivity contribution in [1.82, 2.24) is 4.98 Å². The van der Waals surface area contributed by atoms with Crippen molar-refractivity contribution in [2.24, 2.45) is 5.73 Å². The highest BCUT2D eigenvalue weighted by atomic mass is 19.4. The summed E-state index contributed by atoms with van der Waals surface area (Å²) in [5, 5.41) is 10.0. The van der Waals surface area contributed by atoms with Crippen LogP contribution in [0.4, 0.5) is 19.0 Å². The first kappa shape index (κ1) is 16.2. The summed E-state index contributed by atoms with van der Waals surface area (Å²) in [5.41, 5.74) is 5.08. The smallest absolute Gasteiger partial charge is 0.419 e. The van der Waals surface area contributed by atoms with Crippen molar-refractivity contribution >= 4 is 11.7 Å². The first-order valence-electron chi connectivity index (χ1n) is 6.89. The number of anilines is 1. The van der Waals surface area contributed by atoms with E-state index in [4.69, 9.17) is 10.5 Å². The predicted molar refractivity (Wildman–Crippen MR) is 76.7 cm³/mol. The standard InChI is InChI=1S/C15H12F3N3O3/c16-15(17,18)10-3-1-2-4-12(10)24-9-5-8-6-11(19)14(22)21(23)13(8)20-7-9/h1-5,7,11,23H,6,19H2/t11-/m0/s1. The lowest BCUT2D eigenvalue weighted by molar-refractivity contribution is -0.138. The van der Waals surface area contributed by atoms with Crippen molar-refractivity contribution in [3.8, 4) is 11.5 Å². The van der Waals surface area contributed by atoms with Gasteiger partial charge in [0, 0.05) is 12.0 Å². The van der Waals surface area contributed by atoms with E-state index < -0.39 is 23.7 Å². The zero-order valence-electron chi connectivity index (χ0n) is 12.1. The summed E-state index contributed by atoms with van der Waals surface area (Å²) >= 11 is 0. The molecule has 2 aromatic rings. The number of hydrogen-bond acceptors (Lipinski definition) is 5. The second kappa shape index (κ2) is 5.77. The summed E-state index contributed by atoms with van der Waals surface area (Å²) in [7, 11) is 0. The molecule has 0 fully saturated rings. The molecule has 0 radical (unpaired) electrons. The van der Waals surface area contributed by atoms with Crippen LogP contribution in [0.3, 0.4) is 0 Å². The summed E-state index contributed by atoms with van der Waals surface area (Å²) in [5.74, 6) is -1.05. The molecule has 1 atom stereocenters. The van der Waals surface area contributed by atoms with Gasteiger partial charge in [0.1, 0.15) is 11.5 Å². The van der Waals surface area contributed by atoms with Gasteiger partial charge in [0.15, 0.2) is 5.82 Å². The van der Waals surface area contributed by atoms with E-state index in [1.807, 2.05) is 0 Å². The zero-order chi connectivity index (χ0) is 17.5. The summed E-state index contributed by atoms with van der Waals surface area (Å²) in [6.07, 6.45) is -3.34. The molecule has 1 amide bonds. The number of fused-ring (bicyclic) bond motifs is 1. The number of ether oxygens (including phenoxy) is 1. The highest BCUT2D eigenvalue weighted by Crippen LogP contribution is 2.38. The number of carbonyl (C=O) groups is 1. The highest BCUT2D eigenvalue weighted by molar-refractivity contribution is 5.97. The number of alkyl halides is 3. The Hall–Kier alpha value is -2.65. The van der Waals surface area contributed by atoms with Crippen LogP contribution in [0, 0.1) is 0 Å². The SMILES string of the molecule is N[C@H]1Cc2cc(Oc3ccccc3C(F)(F)F)cnc2N(O)C1=O. The summed E-state index contributed by atoms with van der Waals surface area (Å²) in [6, 6.07) is 5.21. The molecular formula is C15H12F3N3O3. The number of benzene rings is 1. The fraction of sp³-hybridized carbons (Fsp3) is 0.200. The van der Waals surface area contributed by atoms with Gasteiger partial charge >= 0.3 is 6.18 Å². The molecule has 0 spiro atoms. The number of pyridine rings is 1. The second-order valence-corrected chi connectivity index (χ2v) is 5.21. The molecule has 9 heteroatoms. The number of hydrogen-bond donors (Lipinski definition) is 2. The van der Waals surface area contributed by atoms with E-state index in [9.17, 15) is 23.2 Å². The molecule has 0 bridgehead atoms. The van der Waals surface area contributed by atoms with Crippen molar-refractivity contribution in [3.05, 3.63) is 47.7 Å². The van der Waals surface area contributed by atoms with Gasteiger partial charge in [0.05, 0.1) is 17.8 Å². The first-order valence-corrected chi connectivity index (χ1v) is 6.89. The molecule has 0 saturated carbocycles. The van der Waals surface area contributed by atoms with Crippen LogP contribution < -0.4 is 15.5 Å². The molecule has 126 valence electrons. The second-order valence-electron chi connectivity index (χ2n) is 5.21. The first-order chi connectivity index (χ1) is 11.3. The zero-order valence-corrected chi connectivity index (χ0v) is 12.1. The van der Waals surface area contributed by atoms with Crippen LogP contribution in [0.15, 0.2) is 36.5 Å². The Bertz CT molecular complexity index is 795. The van der Waals surface area contributed by atoms with Crippen molar-refractivity contribution in [2.45, 2.75) is 18.6 Å². The lowest BCUT2D eigenvalue weighted by atomic mass is 10.0. The molecular weight excluding hydrogens is 327 g/mol. The van der Waals surface area contributed by atoms with E-state index >= 15 is 0 Å². The number of hydroxylamine groups is 1. The number of rotatable bonds is 2. The lowest BCUT2D eigenvalue weighted by Gasteiger charge is -2.26. The summed E-state index contributed by atoms with van der Waals surface area (Å²) < 4.78 is 44.2. The third-order valence-electron chi connectivity index (χ3n) is 3.50. The monoisotopic (exact) mass is 339 g/mol. The largest absolute Gasteiger partial charge is 0.455 e. The Morgan fingerprint density at radius 2 is 2.04 bits per heavy atom. The minimum atomic E-state index is -4.56. The molecule has 24 heavy (non-hydrogen) atoms. The van der Waals surface area contributed by atoms with E-state index in [-0.39, 0.29) is 23.7 Å². The van der Waals surface area contributed by atoms with E-state index in [2.05, 4.69) is 4.98 Å². The van der Waals surface area contributed by atoms with Gasteiger partial charge in [-0.15, -0.1) is 0 Å². The Morgan fingerprint density at radius 3 is 2.75 bits per heavy atom. The number of halogens is 3. The average Bonchev–Trinajstić information content (AvgIpc) is 2.52. The molecule has 0 saturated heterocycles. The molecule has 2 heterocycles. The molecule has 3 N–H and O–H groups in total. The molecule has 6 nitrogen and oxygen atoms in total. The number of nitrogens with zero attached hydrogens (tertiary/aromatic N) is 2. The van der Waals surface area contributed by atoms with E-state index in [0.717, 1.165) is 12.3 Å². The van der Waals surface area contributed by atoms with Crippen LogP contribution >= 0.6 is 0 Å². The van der Waals surface area contributed by atoms with Crippen LogP contribution in [0.1, 0.15) is 11.1 Å². The fourth-order valence-electron chi connectivity index (χ4n) is 2.38. The van der Waals surface area contributed by atoms with E-state index in [1.165, 1.54) is 24.3 Å². The quantitative estimate of drug-likeness (QED) is 0.821. The van der Waals surface area contributed by atoms with Gasteiger partial charge in [-0.3, -0.25) is 10.0 Å². The normalized spacial score (nSPS) is 17.6. The molecule has 0 aliphatic carbocycles. The number of carbonyl (C=O) groups excluding carboxylic acids is 1. The molecule has 1 aromatic carbocycles. The number of nitrogens with two attached hydrogens (primary N) is 1. The third-order valence-corrected chi connectivity index (χ3v) is 3.50. The molecule has 1 aliphatic heterocycles. The minimum Gasteiger partial charge on any atom is -0.455 e. The van der Waals surface area contributed by atoms with Crippen molar-refractivity contribution in [3.63, 3.8) is 0 Å². The summed E-state index contributed by atoms with van der Waals surface area (Å²) in [6.45, 7) is 0. The maximum Gasteiger partial charge on any atom is 0.419 e. The van der Waals surface area contributed by atoms with Gasteiger partial charge in [-0.2, -0.15) is 18.2 Å². The number of aromatic nitrogens is 1. The van der Waals surface area contributed by atoms with Gasteiger partial charge in [-0.05, 0) is 18.2 Å². The van der Waals surface area contributed by atoms with Crippen LogP contribution in [0.2, 0.25) is 0 Å². The van der Waals surface area contributed by atoms with Crippen LogP contribution in [0.25, 0.3) is 0 Å². The topological polar surface area (TPSA) is 88.7 Å². The molecule has 3 rings (SSSR count). The Labute approximate surface area is 134 Å². The minimum absolute atomic E-state index is 0.0156. The Morgan fingerprint density at radius 1 is 1.33 bits per heavy atom. The average molecular weight is 339 g/mol. The van der Waals surface area contributed by atoms with Gasteiger partial charge in [0.25, 0.3) is 5.91 Å². The summed E-state index contributed by atoms with van der Waals surface area (Å²) in [4.78, 5) is 15.4. The number of amides is 1. The van der Waals surface area contributed by atoms with Gasteiger partial charge in [-0.25, -0.2) is 4.98 Å². The highest BCUT2D eigenvalue weighted by Gasteiger charge is 2.35. The fourth-order valence-corrected chi connectivity index (χ4v) is 2.38. The van der Waals surface area contributed by atoms with Gasteiger partial charge < -0.3 is 10.5 Å². The molecule has 1 aromatic heterocycles. The maximum atomic E-state index is 13.0. The van der Waals surface area contributed by atoms with Crippen LogP contribution in [-0.4, -0.2) is 22.1 Å². The molecule has 1 aliphatic rings. The van der Waals surface area contributed by atoms with Crippen molar-refractivity contribution in [2.75, 3.05) is 5.06 Å². The van der Waals surface area contributed by atoms with Crippen LogP contribution in [-0.2, 0) is 17.4 Å².